The Morgan fingerprint density at radius 2 is 2.00 bits per heavy atom. The number of halogens is 2. The summed E-state index contributed by atoms with van der Waals surface area (Å²) < 4.78 is 7.55. The fraction of sp³-hybridized carbons (Fsp3) is 0.333. The van der Waals surface area contributed by atoms with Gasteiger partial charge in [0.05, 0.1) is 11.1 Å². The molecular formula is C9H9Br2NO. The van der Waals surface area contributed by atoms with Crippen LogP contribution in [0.2, 0.25) is 0 Å². The van der Waals surface area contributed by atoms with Crippen LogP contribution in [-0.2, 0) is 0 Å². The summed E-state index contributed by atoms with van der Waals surface area (Å²) in [7, 11) is 0. The highest BCUT2D eigenvalue weighted by Gasteiger charge is 2.22. The van der Waals surface area contributed by atoms with E-state index in [4.69, 9.17) is 10.5 Å². The molecule has 70 valence electrons. The third kappa shape index (κ3) is 1.63. The van der Waals surface area contributed by atoms with Crippen molar-refractivity contribution in [3.63, 3.8) is 0 Å². The Balaban J connectivity index is 2.60. The monoisotopic (exact) mass is 305 g/mol. The van der Waals surface area contributed by atoms with Crippen molar-refractivity contribution < 1.29 is 4.74 Å². The van der Waals surface area contributed by atoms with Crippen LogP contribution in [0.1, 0.15) is 18.0 Å². The highest BCUT2D eigenvalue weighted by molar-refractivity contribution is 9.11. The van der Waals surface area contributed by atoms with Gasteiger partial charge in [0.25, 0.3) is 0 Å². The van der Waals surface area contributed by atoms with E-state index < -0.39 is 0 Å². The van der Waals surface area contributed by atoms with Gasteiger partial charge < -0.3 is 10.5 Å². The smallest absolute Gasteiger partial charge is 0.139 e. The quantitative estimate of drug-likeness (QED) is 0.800. The first kappa shape index (κ1) is 9.49. The minimum absolute atomic E-state index is 0.0793. The molecule has 0 saturated heterocycles. The van der Waals surface area contributed by atoms with E-state index in [0.717, 1.165) is 26.7 Å². The number of hydrogen-bond acceptors (Lipinski definition) is 2. The number of benzene rings is 1. The number of ether oxygens (including phenoxy) is 1. The Hall–Kier alpha value is -0.0600. The minimum Gasteiger partial charge on any atom is -0.492 e. The lowest BCUT2D eigenvalue weighted by Crippen LogP contribution is -2.21. The summed E-state index contributed by atoms with van der Waals surface area (Å²) in [5.41, 5.74) is 7.06. The van der Waals surface area contributed by atoms with Gasteiger partial charge in [-0.3, -0.25) is 0 Å². The van der Waals surface area contributed by atoms with Gasteiger partial charge in [0.15, 0.2) is 0 Å². The molecule has 0 aliphatic carbocycles. The zero-order valence-electron chi connectivity index (χ0n) is 6.89. The SMILES string of the molecule is N[C@H]1CCOc2c(Br)ccc(Br)c21. The van der Waals surface area contributed by atoms with Crippen molar-refractivity contribution in [2.75, 3.05) is 6.61 Å². The molecule has 1 heterocycles. The maximum Gasteiger partial charge on any atom is 0.139 e. The van der Waals surface area contributed by atoms with Crippen molar-refractivity contribution >= 4 is 31.9 Å². The van der Waals surface area contributed by atoms with Crippen LogP contribution in [0.5, 0.6) is 5.75 Å². The van der Waals surface area contributed by atoms with Crippen LogP contribution in [-0.4, -0.2) is 6.61 Å². The van der Waals surface area contributed by atoms with E-state index in [9.17, 15) is 0 Å². The van der Waals surface area contributed by atoms with Crippen molar-refractivity contribution in [2.24, 2.45) is 5.73 Å². The topological polar surface area (TPSA) is 35.2 Å². The normalized spacial score (nSPS) is 20.7. The van der Waals surface area contributed by atoms with E-state index in [-0.39, 0.29) is 6.04 Å². The molecule has 2 N–H and O–H groups in total. The van der Waals surface area contributed by atoms with Crippen molar-refractivity contribution in [2.45, 2.75) is 12.5 Å². The van der Waals surface area contributed by atoms with E-state index in [0.29, 0.717) is 6.61 Å². The Bertz CT molecular complexity index is 341. The second-order valence-corrected chi connectivity index (χ2v) is 4.72. The Morgan fingerprint density at radius 3 is 2.69 bits per heavy atom. The molecule has 0 spiro atoms. The van der Waals surface area contributed by atoms with Crippen LogP contribution >= 0.6 is 31.9 Å². The fourth-order valence-corrected chi connectivity index (χ4v) is 2.54. The molecule has 1 aromatic rings. The van der Waals surface area contributed by atoms with E-state index in [1.807, 2.05) is 12.1 Å². The molecule has 13 heavy (non-hydrogen) atoms. The van der Waals surface area contributed by atoms with Crippen LogP contribution in [0.4, 0.5) is 0 Å². The molecule has 2 rings (SSSR count). The maximum atomic E-state index is 5.99. The summed E-state index contributed by atoms with van der Waals surface area (Å²) in [4.78, 5) is 0. The number of nitrogens with two attached hydrogens (primary N) is 1. The van der Waals surface area contributed by atoms with Gasteiger partial charge in [0.1, 0.15) is 5.75 Å². The fourth-order valence-electron chi connectivity index (χ4n) is 1.47. The first-order chi connectivity index (χ1) is 6.20. The van der Waals surface area contributed by atoms with Gasteiger partial charge in [-0.25, -0.2) is 0 Å². The van der Waals surface area contributed by atoms with Gasteiger partial charge in [-0.15, -0.1) is 0 Å². The highest BCUT2D eigenvalue weighted by atomic mass is 79.9. The molecule has 1 aromatic carbocycles. The molecule has 1 aliphatic heterocycles. The largest absolute Gasteiger partial charge is 0.492 e. The molecule has 1 atom stereocenters. The predicted octanol–water partition coefficient (Wildman–Crippen LogP) is 2.99. The van der Waals surface area contributed by atoms with Crippen LogP contribution in [0.15, 0.2) is 21.1 Å². The van der Waals surface area contributed by atoms with Gasteiger partial charge in [0.2, 0.25) is 0 Å². The Morgan fingerprint density at radius 1 is 1.31 bits per heavy atom. The summed E-state index contributed by atoms with van der Waals surface area (Å²) in [6.07, 6.45) is 0.877. The van der Waals surface area contributed by atoms with E-state index >= 15 is 0 Å². The third-order valence-corrected chi connectivity index (χ3v) is 3.46. The molecule has 0 fully saturated rings. The van der Waals surface area contributed by atoms with Gasteiger partial charge >= 0.3 is 0 Å². The van der Waals surface area contributed by atoms with E-state index in [1.54, 1.807) is 0 Å². The standard InChI is InChI=1S/C9H9Br2NO/c10-5-1-2-6(11)9-8(5)7(12)3-4-13-9/h1-2,7H,3-4,12H2/t7-/m0/s1. The van der Waals surface area contributed by atoms with E-state index in [1.165, 1.54) is 0 Å². The van der Waals surface area contributed by atoms with E-state index in [2.05, 4.69) is 31.9 Å². The summed E-state index contributed by atoms with van der Waals surface area (Å²) in [6, 6.07) is 4.02. The molecule has 2 nitrogen and oxygen atoms in total. The second kappa shape index (κ2) is 3.59. The van der Waals surface area contributed by atoms with Crippen LogP contribution in [0, 0.1) is 0 Å². The summed E-state index contributed by atoms with van der Waals surface area (Å²) >= 11 is 6.92. The predicted molar refractivity (Wildman–Crippen MR) is 58.9 cm³/mol. The van der Waals surface area contributed by atoms with Gasteiger partial charge in [-0.05, 0) is 28.1 Å². The molecule has 1 aliphatic rings. The summed E-state index contributed by atoms with van der Waals surface area (Å²) in [6.45, 7) is 0.698. The van der Waals surface area contributed by atoms with Crippen LogP contribution < -0.4 is 10.5 Å². The average Bonchev–Trinajstić information content (AvgIpc) is 2.12. The molecule has 0 bridgehead atoms. The van der Waals surface area contributed by atoms with Gasteiger partial charge in [-0.2, -0.15) is 0 Å². The second-order valence-electron chi connectivity index (χ2n) is 3.02. The van der Waals surface area contributed by atoms with Crippen molar-refractivity contribution in [3.05, 3.63) is 26.6 Å². The first-order valence-electron chi connectivity index (χ1n) is 4.06. The molecule has 0 amide bonds. The lowest BCUT2D eigenvalue weighted by Gasteiger charge is -2.24. The van der Waals surface area contributed by atoms with Gasteiger partial charge in [0, 0.05) is 22.5 Å². The number of rotatable bonds is 0. The third-order valence-electron chi connectivity index (χ3n) is 2.14. The maximum absolute atomic E-state index is 5.99. The summed E-state index contributed by atoms with van der Waals surface area (Å²) in [5, 5.41) is 0. The molecule has 4 heteroatoms. The van der Waals surface area contributed by atoms with Crippen LogP contribution in [0.25, 0.3) is 0 Å². The molecule has 0 saturated carbocycles. The lowest BCUT2D eigenvalue weighted by atomic mass is 10.0. The van der Waals surface area contributed by atoms with Crippen molar-refractivity contribution in [3.8, 4) is 5.75 Å². The first-order valence-corrected chi connectivity index (χ1v) is 5.65. The Kier molecular flexibility index (Phi) is 2.62. The zero-order chi connectivity index (χ0) is 9.42. The minimum atomic E-state index is 0.0793. The molecule has 0 radical (unpaired) electrons. The van der Waals surface area contributed by atoms with Crippen molar-refractivity contribution in [1.29, 1.82) is 0 Å². The van der Waals surface area contributed by atoms with Crippen molar-refractivity contribution in [1.82, 2.24) is 0 Å². The molecular weight excluding hydrogens is 298 g/mol. The molecule has 0 aromatic heterocycles. The van der Waals surface area contributed by atoms with Gasteiger partial charge in [-0.1, -0.05) is 15.9 Å². The number of hydrogen-bond donors (Lipinski definition) is 1. The number of fused-ring (bicyclic) bond motifs is 1. The lowest BCUT2D eigenvalue weighted by molar-refractivity contribution is 0.266. The Labute approximate surface area is 93.7 Å². The summed E-state index contributed by atoms with van der Waals surface area (Å²) in [5.74, 6) is 0.883. The molecule has 0 unspecified atom stereocenters. The highest BCUT2D eigenvalue weighted by Crippen LogP contribution is 2.41. The average molecular weight is 307 g/mol. The zero-order valence-corrected chi connectivity index (χ0v) is 10.1. The van der Waals surface area contributed by atoms with Crippen LogP contribution in [0.3, 0.4) is 0 Å².